The summed E-state index contributed by atoms with van der Waals surface area (Å²) in [6, 6.07) is 15.3. The molecule has 0 aliphatic rings. The van der Waals surface area contributed by atoms with E-state index in [1.165, 1.54) is 24.3 Å². The van der Waals surface area contributed by atoms with Crippen molar-refractivity contribution in [2.24, 2.45) is 0 Å². The summed E-state index contributed by atoms with van der Waals surface area (Å²) in [7, 11) is 0. The van der Waals surface area contributed by atoms with Gasteiger partial charge in [0, 0.05) is 18.3 Å². The van der Waals surface area contributed by atoms with Crippen LogP contribution in [0.25, 0.3) is 0 Å². The third-order valence-corrected chi connectivity index (χ3v) is 6.21. The van der Waals surface area contributed by atoms with E-state index in [0.29, 0.717) is 0 Å². The number of ketones is 2. The number of carbonyl (C=O) groups is 2. The second kappa shape index (κ2) is 12.7. The fourth-order valence-corrected chi connectivity index (χ4v) is 3.89. The second-order valence-corrected chi connectivity index (χ2v) is 9.26. The SMILES string of the molecule is CC=CC(=O)C(O)C(O)Cc1ccc(C(C)(C)c2ccc(CC(O)C(O)C(=O)C=CC)cc2)cc1. The molecule has 0 spiro atoms. The first-order valence-electron chi connectivity index (χ1n) is 11.8. The van der Waals surface area contributed by atoms with Crippen molar-refractivity contribution in [2.45, 2.75) is 70.4 Å². The van der Waals surface area contributed by atoms with Crippen molar-refractivity contribution >= 4 is 11.6 Å². The minimum Gasteiger partial charge on any atom is -0.390 e. The van der Waals surface area contributed by atoms with Gasteiger partial charge in [0.1, 0.15) is 12.2 Å². The summed E-state index contributed by atoms with van der Waals surface area (Å²) < 4.78 is 0. The van der Waals surface area contributed by atoms with Crippen LogP contribution >= 0.6 is 0 Å². The van der Waals surface area contributed by atoms with Crippen molar-refractivity contribution < 1.29 is 30.0 Å². The predicted octanol–water partition coefficient (Wildman–Crippen LogP) is 2.83. The molecular weight excluding hydrogens is 444 g/mol. The fourth-order valence-electron chi connectivity index (χ4n) is 3.89. The molecule has 4 atom stereocenters. The zero-order valence-electron chi connectivity index (χ0n) is 20.8. The van der Waals surface area contributed by atoms with Crippen LogP contribution in [0.5, 0.6) is 0 Å². The highest BCUT2D eigenvalue weighted by atomic mass is 16.3. The van der Waals surface area contributed by atoms with Crippen LogP contribution in [0, 0.1) is 0 Å². The van der Waals surface area contributed by atoms with E-state index in [1.807, 2.05) is 48.5 Å². The summed E-state index contributed by atoms with van der Waals surface area (Å²) in [6.45, 7) is 7.51. The Hall–Kier alpha value is -2.90. The van der Waals surface area contributed by atoms with Crippen molar-refractivity contribution in [2.75, 3.05) is 0 Å². The lowest BCUT2D eigenvalue weighted by Gasteiger charge is -2.27. The second-order valence-electron chi connectivity index (χ2n) is 9.26. The van der Waals surface area contributed by atoms with Gasteiger partial charge in [-0.1, -0.05) is 74.5 Å². The van der Waals surface area contributed by atoms with Gasteiger partial charge in [-0.05, 0) is 48.3 Å². The van der Waals surface area contributed by atoms with Crippen LogP contribution in [-0.2, 0) is 27.8 Å². The molecule has 0 aromatic heterocycles. The molecule has 4 N–H and O–H groups in total. The van der Waals surface area contributed by atoms with Gasteiger partial charge < -0.3 is 20.4 Å². The van der Waals surface area contributed by atoms with E-state index in [9.17, 15) is 30.0 Å². The van der Waals surface area contributed by atoms with E-state index in [0.717, 1.165) is 22.3 Å². The van der Waals surface area contributed by atoms with Gasteiger partial charge in [-0.3, -0.25) is 9.59 Å². The normalized spacial score (nSPS) is 15.8. The van der Waals surface area contributed by atoms with Crippen molar-refractivity contribution in [3.8, 4) is 0 Å². The molecule has 4 unspecified atom stereocenters. The molecule has 0 aliphatic carbocycles. The molecule has 0 radical (unpaired) electrons. The van der Waals surface area contributed by atoms with Crippen LogP contribution in [0.4, 0.5) is 0 Å². The van der Waals surface area contributed by atoms with Gasteiger partial charge in [0.25, 0.3) is 0 Å². The lowest BCUT2D eigenvalue weighted by Crippen LogP contribution is -2.34. The summed E-state index contributed by atoms with van der Waals surface area (Å²) in [5, 5.41) is 40.3. The number of aliphatic hydroxyl groups excluding tert-OH is 4. The van der Waals surface area contributed by atoms with Crippen LogP contribution in [0.15, 0.2) is 72.8 Å². The zero-order valence-corrected chi connectivity index (χ0v) is 20.8. The molecule has 2 rings (SSSR count). The van der Waals surface area contributed by atoms with Crippen LogP contribution in [0.2, 0.25) is 0 Å². The molecule has 0 fully saturated rings. The Morgan fingerprint density at radius 2 is 1.00 bits per heavy atom. The van der Waals surface area contributed by atoms with E-state index in [2.05, 4.69) is 13.8 Å². The number of benzene rings is 2. The first-order chi connectivity index (χ1) is 16.5. The number of hydrogen-bond donors (Lipinski definition) is 4. The summed E-state index contributed by atoms with van der Waals surface area (Å²) in [5.41, 5.74) is 3.36. The molecular formula is C29H36O6. The summed E-state index contributed by atoms with van der Waals surface area (Å²) in [6.07, 6.45) is 0.574. The molecule has 0 saturated carbocycles. The minimum atomic E-state index is -1.46. The summed E-state index contributed by atoms with van der Waals surface area (Å²) in [5.74, 6) is -1.04. The molecule has 0 bridgehead atoms. The lowest BCUT2D eigenvalue weighted by atomic mass is 9.77. The first kappa shape index (κ1) is 28.3. The van der Waals surface area contributed by atoms with Crippen LogP contribution in [-0.4, -0.2) is 56.4 Å². The number of carbonyl (C=O) groups excluding carboxylic acids is 2. The van der Waals surface area contributed by atoms with E-state index in [4.69, 9.17) is 0 Å². The molecule has 2 aromatic rings. The minimum absolute atomic E-state index is 0.157. The number of rotatable bonds is 12. The Morgan fingerprint density at radius 1 is 0.686 bits per heavy atom. The molecule has 6 heteroatoms. The van der Waals surface area contributed by atoms with Gasteiger partial charge in [-0.15, -0.1) is 0 Å². The highest BCUT2D eigenvalue weighted by molar-refractivity contribution is 5.94. The quantitative estimate of drug-likeness (QED) is 0.347. The molecule has 0 aliphatic heterocycles. The third kappa shape index (κ3) is 7.54. The highest BCUT2D eigenvalue weighted by Gasteiger charge is 2.26. The monoisotopic (exact) mass is 480 g/mol. The van der Waals surface area contributed by atoms with Crippen molar-refractivity contribution in [3.63, 3.8) is 0 Å². The predicted molar refractivity (Wildman–Crippen MR) is 136 cm³/mol. The van der Waals surface area contributed by atoms with E-state index < -0.39 is 36.0 Å². The van der Waals surface area contributed by atoms with Crippen LogP contribution < -0.4 is 0 Å². The third-order valence-electron chi connectivity index (χ3n) is 6.21. The Kier molecular flexibility index (Phi) is 10.3. The molecule has 0 heterocycles. The maximum atomic E-state index is 11.7. The average Bonchev–Trinajstić information content (AvgIpc) is 2.84. The average molecular weight is 481 g/mol. The van der Waals surface area contributed by atoms with Gasteiger partial charge in [0.15, 0.2) is 11.6 Å². The maximum absolute atomic E-state index is 11.7. The Morgan fingerprint density at radius 3 is 1.29 bits per heavy atom. The molecule has 6 nitrogen and oxygen atoms in total. The highest BCUT2D eigenvalue weighted by Crippen LogP contribution is 2.32. The lowest BCUT2D eigenvalue weighted by molar-refractivity contribution is -0.128. The molecule has 2 aromatic carbocycles. The molecule has 0 saturated heterocycles. The van der Waals surface area contributed by atoms with E-state index >= 15 is 0 Å². The topological polar surface area (TPSA) is 115 Å². The largest absolute Gasteiger partial charge is 0.390 e. The van der Waals surface area contributed by atoms with Crippen molar-refractivity contribution in [3.05, 3.63) is 95.1 Å². The summed E-state index contributed by atoms with van der Waals surface area (Å²) >= 11 is 0. The first-order valence-corrected chi connectivity index (χ1v) is 11.8. The summed E-state index contributed by atoms with van der Waals surface area (Å²) in [4.78, 5) is 23.5. The Labute approximate surface area is 207 Å². The van der Waals surface area contributed by atoms with Crippen molar-refractivity contribution in [1.29, 1.82) is 0 Å². The molecule has 35 heavy (non-hydrogen) atoms. The van der Waals surface area contributed by atoms with Gasteiger partial charge in [-0.25, -0.2) is 0 Å². The fraction of sp³-hybridized carbons (Fsp3) is 0.379. The number of aliphatic hydroxyl groups is 4. The van der Waals surface area contributed by atoms with E-state index in [-0.39, 0.29) is 18.3 Å². The Balaban J connectivity index is 2.08. The maximum Gasteiger partial charge on any atom is 0.186 e. The van der Waals surface area contributed by atoms with Crippen LogP contribution in [0.3, 0.4) is 0 Å². The molecule has 188 valence electrons. The van der Waals surface area contributed by atoms with Gasteiger partial charge in [-0.2, -0.15) is 0 Å². The van der Waals surface area contributed by atoms with E-state index in [1.54, 1.807) is 13.8 Å². The smallest absolute Gasteiger partial charge is 0.186 e. The van der Waals surface area contributed by atoms with Gasteiger partial charge in [0.05, 0.1) is 12.2 Å². The molecule has 0 amide bonds. The Bertz CT molecular complexity index is 950. The number of allylic oxidation sites excluding steroid dienone is 2. The van der Waals surface area contributed by atoms with Crippen molar-refractivity contribution in [1.82, 2.24) is 0 Å². The number of hydrogen-bond acceptors (Lipinski definition) is 6. The van der Waals surface area contributed by atoms with Gasteiger partial charge in [0.2, 0.25) is 0 Å². The standard InChI is InChI=1S/C29H36O6/c1-5-7-23(30)27(34)25(32)17-19-9-13-21(14-10-19)29(3,4)22-15-11-20(12-16-22)18-26(33)28(35)24(31)8-6-2/h5-16,25-28,32-35H,17-18H2,1-4H3. The zero-order chi connectivity index (χ0) is 26.2. The van der Waals surface area contributed by atoms with Crippen LogP contribution in [0.1, 0.15) is 49.9 Å². The van der Waals surface area contributed by atoms with Gasteiger partial charge >= 0.3 is 0 Å².